The Bertz CT molecular complexity index is 406. The van der Waals surface area contributed by atoms with E-state index in [2.05, 4.69) is 50.2 Å². The second-order valence-corrected chi connectivity index (χ2v) is 5.79. The summed E-state index contributed by atoms with van der Waals surface area (Å²) in [5, 5.41) is 3.45. The highest BCUT2D eigenvalue weighted by molar-refractivity contribution is 5.56. The Morgan fingerprint density at radius 3 is 2.56 bits per heavy atom. The number of rotatable bonds is 4. The van der Waals surface area contributed by atoms with Crippen LogP contribution in [-0.2, 0) is 0 Å². The summed E-state index contributed by atoms with van der Waals surface area (Å²) in [5.41, 5.74) is 5.57. The van der Waals surface area contributed by atoms with Crippen molar-refractivity contribution in [3.63, 3.8) is 0 Å². The van der Waals surface area contributed by atoms with E-state index in [1.54, 1.807) is 0 Å². The zero-order valence-corrected chi connectivity index (χ0v) is 12.2. The molecule has 0 aliphatic carbocycles. The molecule has 0 radical (unpaired) electrons. The quantitative estimate of drug-likeness (QED) is 0.878. The molecular formula is C16H26N2. The highest BCUT2D eigenvalue weighted by Gasteiger charge is 2.15. The van der Waals surface area contributed by atoms with Crippen LogP contribution in [0.3, 0.4) is 0 Å². The van der Waals surface area contributed by atoms with Crippen molar-refractivity contribution in [3.05, 3.63) is 28.8 Å². The number of hydrogen-bond donors (Lipinski definition) is 1. The van der Waals surface area contributed by atoms with E-state index < -0.39 is 0 Å². The summed E-state index contributed by atoms with van der Waals surface area (Å²) in [6, 6.07) is 4.63. The fourth-order valence-corrected chi connectivity index (χ4v) is 2.81. The number of hydrogen-bond acceptors (Lipinski definition) is 2. The van der Waals surface area contributed by atoms with Crippen molar-refractivity contribution in [2.45, 2.75) is 33.6 Å². The van der Waals surface area contributed by atoms with Crippen molar-refractivity contribution in [2.75, 3.05) is 31.6 Å². The molecule has 1 saturated heterocycles. The molecule has 0 aromatic heterocycles. The van der Waals surface area contributed by atoms with Gasteiger partial charge in [0.15, 0.2) is 0 Å². The molecule has 18 heavy (non-hydrogen) atoms. The summed E-state index contributed by atoms with van der Waals surface area (Å²) < 4.78 is 0. The molecule has 0 amide bonds. The van der Waals surface area contributed by atoms with E-state index in [4.69, 9.17) is 0 Å². The molecule has 0 bridgehead atoms. The van der Waals surface area contributed by atoms with Crippen LogP contribution in [0.5, 0.6) is 0 Å². The van der Waals surface area contributed by atoms with E-state index in [1.165, 1.54) is 48.3 Å². The topological polar surface area (TPSA) is 15.3 Å². The number of anilines is 1. The minimum Gasteiger partial charge on any atom is -0.374 e. The van der Waals surface area contributed by atoms with Crippen LogP contribution in [0.25, 0.3) is 0 Å². The molecule has 1 aromatic rings. The second kappa shape index (κ2) is 5.75. The maximum Gasteiger partial charge on any atom is 0.0396 e. The fourth-order valence-electron chi connectivity index (χ4n) is 2.81. The van der Waals surface area contributed by atoms with Crippen LogP contribution in [0.1, 0.15) is 29.5 Å². The molecule has 1 fully saturated rings. The van der Waals surface area contributed by atoms with Crippen LogP contribution in [0.4, 0.5) is 5.69 Å². The number of aryl methyl sites for hydroxylation is 3. The molecule has 100 valence electrons. The van der Waals surface area contributed by atoms with Gasteiger partial charge in [-0.1, -0.05) is 6.07 Å². The Hall–Kier alpha value is -1.02. The van der Waals surface area contributed by atoms with Crippen molar-refractivity contribution in [2.24, 2.45) is 5.92 Å². The first kappa shape index (κ1) is 13.4. The van der Waals surface area contributed by atoms with E-state index in [0.29, 0.717) is 0 Å². The molecule has 0 spiro atoms. The van der Waals surface area contributed by atoms with Crippen LogP contribution >= 0.6 is 0 Å². The van der Waals surface area contributed by atoms with Gasteiger partial charge < -0.3 is 10.2 Å². The maximum absolute atomic E-state index is 3.45. The van der Waals surface area contributed by atoms with Crippen molar-refractivity contribution in [1.82, 2.24) is 5.32 Å². The zero-order chi connectivity index (χ0) is 13.1. The minimum absolute atomic E-state index is 0.874. The van der Waals surface area contributed by atoms with Gasteiger partial charge in [0.25, 0.3) is 0 Å². The third-order valence-corrected chi connectivity index (χ3v) is 4.26. The van der Waals surface area contributed by atoms with E-state index in [1.807, 2.05) is 0 Å². The van der Waals surface area contributed by atoms with E-state index in [9.17, 15) is 0 Å². The molecule has 2 heteroatoms. The third kappa shape index (κ3) is 3.05. The lowest BCUT2D eigenvalue weighted by molar-refractivity contribution is 0.533. The standard InChI is InChI=1S/C16H26N2/c1-12-9-14(3)16(10-13(12)2)18(4)8-6-15-5-7-17-11-15/h9-10,15,17H,5-8,11H2,1-4H3. The van der Waals surface area contributed by atoms with Crippen LogP contribution in [0.2, 0.25) is 0 Å². The van der Waals surface area contributed by atoms with Crippen molar-refractivity contribution in [3.8, 4) is 0 Å². The number of nitrogens with one attached hydrogen (secondary N) is 1. The lowest BCUT2D eigenvalue weighted by Gasteiger charge is -2.24. The molecule has 0 saturated carbocycles. The van der Waals surface area contributed by atoms with Gasteiger partial charge in [-0.2, -0.15) is 0 Å². The molecule has 1 atom stereocenters. The minimum atomic E-state index is 0.874. The molecule has 1 aliphatic heterocycles. The van der Waals surface area contributed by atoms with Gasteiger partial charge in [-0.05, 0) is 75.4 Å². The molecule has 1 unspecified atom stereocenters. The molecule has 2 nitrogen and oxygen atoms in total. The Labute approximate surface area is 111 Å². The van der Waals surface area contributed by atoms with E-state index in [0.717, 1.165) is 12.5 Å². The number of nitrogens with zero attached hydrogens (tertiary/aromatic N) is 1. The zero-order valence-electron chi connectivity index (χ0n) is 12.2. The first-order valence-electron chi connectivity index (χ1n) is 7.07. The lowest BCUT2D eigenvalue weighted by Crippen LogP contribution is -2.22. The normalized spacial score (nSPS) is 19.2. The predicted molar refractivity (Wildman–Crippen MR) is 79.5 cm³/mol. The summed E-state index contributed by atoms with van der Waals surface area (Å²) in [4.78, 5) is 2.42. The van der Waals surface area contributed by atoms with E-state index >= 15 is 0 Å². The molecule has 1 N–H and O–H groups in total. The van der Waals surface area contributed by atoms with Gasteiger partial charge in [-0.25, -0.2) is 0 Å². The van der Waals surface area contributed by atoms with Crippen LogP contribution in [0, 0.1) is 26.7 Å². The summed E-state index contributed by atoms with van der Waals surface area (Å²) >= 11 is 0. The van der Waals surface area contributed by atoms with Crippen LogP contribution < -0.4 is 10.2 Å². The summed E-state index contributed by atoms with van der Waals surface area (Å²) in [5.74, 6) is 0.874. The molecule has 2 rings (SSSR count). The monoisotopic (exact) mass is 246 g/mol. The van der Waals surface area contributed by atoms with E-state index in [-0.39, 0.29) is 0 Å². The van der Waals surface area contributed by atoms with Crippen molar-refractivity contribution >= 4 is 5.69 Å². The van der Waals surface area contributed by atoms with Crippen LogP contribution in [-0.4, -0.2) is 26.7 Å². The average molecular weight is 246 g/mol. The third-order valence-electron chi connectivity index (χ3n) is 4.26. The second-order valence-electron chi connectivity index (χ2n) is 5.79. The smallest absolute Gasteiger partial charge is 0.0396 e. The largest absolute Gasteiger partial charge is 0.374 e. The van der Waals surface area contributed by atoms with Gasteiger partial charge >= 0.3 is 0 Å². The SMILES string of the molecule is Cc1cc(C)c(N(C)CCC2CCNC2)cc1C. The van der Waals surface area contributed by atoms with Gasteiger partial charge in [0.2, 0.25) is 0 Å². The van der Waals surface area contributed by atoms with Gasteiger partial charge in [0.05, 0.1) is 0 Å². The molecular weight excluding hydrogens is 220 g/mol. The summed E-state index contributed by atoms with van der Waals surface area (Å²) in [7, 11) is 2.22. The Balaban J connectivity index is 1.99. The Morgan fingerprint density at radius 1 is 1.17 bits per heavy atom. The van der Waals surface area contributed by atoms with Gasteiger partial charge in [0.1, 0.15) is 0 Å². The lowest BCUT2D eigenvalue weighted by atomic mass is 10.0. The van der Waals surface area contributed by atoms with Gasteiger partial charge in [0, 0.05) is 19.3 Å². The maximum atomic E-state index is 3.45. The summed E-state index contributed by atoms with van der Waals surface area (Å²) in [6.45, 7) is 10.2. The first-order valence-corrected chi connectivity index (χ1v) is 7.07. The molecule has 1 heterocycles. The predicted octanol–water partition coefficient (Wildman–Crippen LogP) is 3.05. The highest BCUT2D eigenvalue weighted by atomic mass is 15.1. The average Bonchev–Trinajstić information content (AvgIpc) is 2.84. The van der Waals surface area contributed by atoms with Crippen LogP contribution in [0.15, 0.2) is 12.1 Å². The number of benzene rings is 1. The Kier molecular flexibility index (Phi) is 4.28. The molecule has 1 aromatic carbocycles. The summed E-state index contributed by atoms with van der Waals surface area (Å²) in [6.07, 6.45) is 2.65. The first-order chi connectivity index (χ1) is 8.58. The highest BCUT2D eigenvalue weighted by Crippen LogP contribution is 2.24. The van der Waals surface area contributed by atoms with Gasteiger partial charge in [-0.3, -0.25) is 0 Å². The fraction of sp³-hybridized carbons (Fsp3) is 0.625. The van der Waals surface area contributed by atoms with Crippen molar-refractivity contribution in [1.29, 1.82) is 0 Å². The van der Waals surface area contributed by atoms with Gasteiger partial charge in [-0.15, -0.1) is 0 Å². The molecule has 1 aliphatic rings. The Morgan fingerprint density at radius 2 is 1.89 bits per heavy atom. The van der Waals surface area contributed by atoms with Crippen molar-refractivity contribution < 1.29 is 0 Å².